The fraction of sp³-hybridized carbons (Fsp3) is 0.507. The van der Waals surface area contributed by atoms with Crippen molar-refractivity contribution in [1.82, 2.24) is 0 Å². The lowest BCUT2D eigenvalue weighted by molar-refractivity contribution is -0.0673. The van der Waals surface area contributed by atoms with Gasteiger partial charge in [-0.05, 0) is 151 Å². The van der Waals surface area contributed by atoms with Crippen molar-refractivity contribution in [2.24, 2.45) is 5.41 Å². The van der Waals surface area contributed by atoms with Crippen LogP contribution in [-0.4, -0.2) is 33.0 Å². The average molecular weight is 1270 g/mol. The molecule has 2 aliphatic rings. The second-order valence-electron chi connectivity index (χ2n) is 29.7. The van der Waals surface area contributed by atoms with Crippen LogP contribution in [0.5, 0.6) is 28.7 Å². The molecule has 0 aromatic heterocycles. The molecule has 2 saturated heterocycles. The first-order valence-electron chi connectivity index (χ1n) is 30.6. The first-order chi connectivity index (χ1) is 40.3. The molecule has 0 bridgehead atoms. The Balaban J connectivity index is 0.000000225. The van der Waals surface area contributed by atoms with E-state index in [1.54, 1.807) is 0 Å². The molecular formula is C73H104O10P4. The zero-order chi connectivity index (χ0) is 64.7. The van der Waals surface area contributed by atoms with Crippen molar-refractivity contribution in [2.75, 3.05) is 33.0 Å². The summed E-state index contributed by atoms with van der Waals surface area (Å²) in [7, 11) is -4.24. The molecule has 6 aromatic rings. The predicted octanol–water partition coefficient (Wildman–Crippen LogP) is 21.7. The largest absolute Gasteiger partial charge is 0.449 e. The van der Waals surface area contributed by atoms with Crippen LogP contribution in [0.25, 0.3) is 0 Å². The third kappa shape index (κ3) is 20.7. The Bertz CT molecular complexity index is 3060. The smallest absolute Gasteiger partial charge is 0.397 e. The van der Waals surface area contributed by atoms with Gasteiger partial charge in [-0.25, -0.2) is 0 Å². The van der Waals surface area contributed by atoms with E-state index in [2.05, 4.69) is 263 Å². The molecule has 14 heteroatoms. The highest BCUT2D eigenvalue weighted by atomic mass is 31.2. The van der Waals surface area contributed by atoms with Gasteiger partial charge in [-0.1, -0.05) is 214 Å². The van der Waals surface area contributed by atoms with Gasteiger partial charge in [0.25, 0.3) is 0 Å². The molecule has 6 aromatic carbocycles. The fourth-order valence-corrected chi connectivity index (χ4v) is 13.9. The number of rotatable bonds is 13. The van der Waals surface area contributed by atoms with Gasteiger partial charge in [0.2, 0.25) is 9.03 Å². The highest BCUT2D eigenvalue weighted by Gasteiger charge is 2.45. The van der Waals surface area contributed by atoms with Crippen molar-refractivity contribution >= 4 is 39.9 Å². The summed E-state index contributed by atoms with van der Waals surface area (Å²) in [4.78, 5) is 0. The van der Waals surface area contributed by atoms with Crippen LogP contribution >= 0.6 is 34.6 Å². The lowest BCUT2D eigenvalue weighted by atomic mass is 9.79. The van der Waals surface area contributed by atoms with Crippen LogP contribution < -0.4 is 27.9 Å². The zero-order valence-electron chi connectivity index (χ0n) is 57.4. The van der Waals surface area contributed by atoms with Gasteiger partial charge in [0.15, 0.2) is 0 Å². The number of aryl methyl sites for hydroxylation is 6. The van der Waals surface area contributed by atoms with E-state index in [1.165, 1.54) is 44.5 Å². The molecule has 0 saturated carbocycles. The average Bonchev–Trinajstić information content (AvgIpc) is 1.33. The SMILES string of the molecule is CC(C)(C)c1ccc(OP2OCC3(CO2)COP(Oc2ccc(C(C)(C)C)cc2C(C)(C)C)OC3)c(C(C)(C)C)c1.CCOPOc1c(C)cc(C(C)(C)C)cc1C(C)(C)C.Cc1ccc(P(Oc2ccc(C)cc2C)Oc2ccc(C)cc2C)cc1. The van der Waals surface area contributed by atoms with Crippen LogP contribution in [0.1, 0.15) is 198 Å². The minimum atomic E-state index is -1.52. The summed E-state index contributed by atoms with van der Waals surface area (Å²) < 4.78 is 61.1. The summed E-state index contributed by atoms with van der Waals surface area (Å²) in [6.45, 7) is 57.0. The molecule has 1 spiro atoms. The van der Waals surface area contributed by atoms with Gasteiger partial charge in [0, 0.05) is 16.7 Å². The molecule has 2 fully saturated rings. The minimum absolute atomic E-state index is 0.0536. The number of hydrogen-bond acceptors (Lipinski definition) is 10. The van der Waals surface area contributed by atoms with Crippen LogP contribution in [0.15, 0.2) is 109 Å². The van der Waals surface area contributed by atoms with Gasteiger partial charge in [-0.15, -0.1) is 0 Å². The molecule has 2 heterocycles. The van der Waals surface area contributed by atoms with Gasteiger partial charge in [-0.3, -0.25) is 0 Å². The van der Waals surface area contributed by atoms with E-state index >= 15 is 0 Å². The van der Waals surface area contributed by atoms with E-state index in [0.717, 1.165) is 56.3 Å². The van der Waals surface area contributed by atoms with Crippen molar-refractivity contribution < 1.29 is 45.2 Å². The summed E-state index contributed by atoms with van der Waals surface area (Å²) >= 11 is 0. The fourth-order valence-electron chi connectivity index (χ4n) is 9.48. The summed E-state index contributed by atoms with van der Waals surface area (Å²) in [5, 5.41) is 1.06. The van der Waals surface area contributed by atoms with E-state index in [9.17, 15) is 0 Å². The maximum atomic E-state index is 6.36. The van der Waals surface area contributed by atoms with Crippen molar-refractivity contribution in [2.45, 2.75) is 206 Å². The number of benzene rings is 6. The lowest BCUT2D eigenvalue weighted by Crippen LogP contribution is -2.45. The van der Waals surface area contributed by atoms with Crippen LogP contribution in [0.4, 0.5) is 0 Å². The van der Waals surface area contributed by atoms with E-state index in [1.807, 2.05) is 19.1 Å². The lowest BCUT2D eigenvalue weighted by Gasteiger charge is -2.41. The highest BCUT2D eigenvalue weighted by Crippen LogP contribution is 2.55. The first kappa shape index (κ1) is 71.9. The van der Waals surface area contributed by atoms with Gasteiger partial charge in [-0.2, -0.15) is 0 Å². The highest BCUT2D eigenvalue weighted by molar-refractivity contribution is 7.56. The molecule has 8 rings (SSSR count). The van der Waals surface area contributed by atoms with Crippen LogP contribution in [0, 0.1) is 47.0 Å². The van der Waals surface area contributed by atoms with Gasteiger partial charge < -0.3 is 45.2 Å². The Hall–Kier alpha value is -4.16. The van der Waals surface area contributed by atoms with Gasteiger partial charge in [0.05, 0.1) is 43.8 Å². The quantitative estimate of drug-likeness (QED) is 0.0822. The molecule has 87 heavy (non-hydrogen) atoms. The monoisotopic (exact) mass is 1260 g/mol. The molecule has 1 atom stereocenters. The molecule has 2 aliphatic heterocycles. The van der Waals surface area contributed by atoms with Crippen LogP contribution in [0.3, 0.4) is 0 Å². The van der Waals surface area contributed by atoms with Crippen molar-refractivity contribution in [3.63, 3.8) is 0 Å². The molecule has 0 radical (unpaired) electrons. The normalized spacial score (nSPS) is 17.8. The third-order valence-electron chi connectivity index (χ3n) is 15.1. The zero-order valence-corrected chi connectivity index (χ0v) is 61.0. The Morgan fingerprint density at radius 3 is 1.14 bits per heavy atom. The van der Waals surface area contributed by atoms with Crippen molar-refractivity contribution in [3.05, 3.63) is 176 Å². The Kier molecular flexibility index (Phi) is 24.3. The Morgan fingerprint density at radius 1 is 0.414 bits per heavy atom. The van der Waals surface area contributed by atoms with E-state index in [4.69, 9.17) is 45.2 Å². The van der Waals surface area contributed by atoms with Gasteiger partial charge >= 0.3 is 25.6 Å². The summed E-state index contributed by atoms with van der Waals surface area (Å²) in [5.41, 5.74) is 14.4. The van der Waals surface area contributed by atoms with Crippen molar-refractivity contribution in [3.8, 4) is 28.7 Å². The molecule has 0 N–H and O–H groups in total. The van der Waals surface area contributed by atoms with Crippen molar-refractivity contribution in [1.29, 1.82) is 0 Å². The second-order valence-corrected chi connectivity index (χ2v) is 34.1. The standard InChI is InChI=1S/C33H50O6P2.C23H25O2P.C17H29O2P/c1-29(2,3)23-13-15-27(25(17-23)31(7,8)9)38-40-34-19-33(20-35-40)21-36-41(37-22-33)39-28-16-14-24(30(4,5)6)18-26(28)32(10,11)12;1-16-6-10-21(11-7-16)26(24-22-12-8-17(2)14-19(22)4)25-23-13-9-18(3)15-20(23)5;1-9-18-20-19-15-12(2)10-13(16(3,4)5)11-14(15)17(6,7)8/h13-18H,19-22H2,1-12H3;6-15H,1-5H3;10-11,20H,9H2,1-8H3. The molecule has 10 nitrogen and oxygen atoms in total. The summed E-state index contributed by atoms with van der Waals surface area (Å²) in [6, 6.07) is 38.3. The maximum Gasteiger partial charge on any atom is 0.397 e. The molecule has 1 unspecified atom stereocenters. The van der Waals surface area contributed by atoms with Crippen LogP contribution in [-0.2, 0) is 55.1 Å². The number of hydrogen-bond donors (Lipinski definition) is 0. The van der Waals surface area contributed by atoms with E-state index in [0.29, 0.717) is 33.0 Å². The van der Waals surface area contributed by atoms with E-state index in [-0.39, 0.29) is 46.9 Å². The Morgan fingerprint density at radius 2 is 0.782 bits per heavy atom. The molecule has 0 aliphatic carbocycles. The first-order valence-corrected chi connectivity index (χ1v) is 34.8. The second kappa shape index (κ2) is 29.4. The maximum absolute atomic E-state index is 6.36. The third-order valence-corrected chi connectivity index (χ3v) is 19.3. The molecule has 0 amide bonds. The van der Waals surface area contributed by atoms with E-state index < -0.39 is 25.6 Å². The Labute approximate surface area is 531 Å². The van der Waals surface area contributed by atoms with Crippen LogP contribution in [0.2, 0.25) is 0 Å². The molecule has 476 valence electrons. The summed E-state index contributed by atoms with van der Waals surface area (Å²) in [5.74, 6) is 4.34. The van der Waals surface area contributed by atoms with Gasteiger partial charge in [0.1, 0.15) is 28.7 Å². The minimum Gasteiger partial charge on any atom is -0.449 e. The topological polar surface area (TPSA) is 92.3 Å². The molecular weight excluding hydrogens is 1160 g/mol. The predicted molar refractivity (Wildman–Crippen MR) is 369 cm³/mol. The summed E-state index contributed by atoms with van der Waals surface area (Å²) in [6.07, 6.45) is 0.